The molecule has 1 amide bonds. The molecule has 106 valence electrons. The molecular formula is C12H19N3O3S. The molecule has 0 radical (unpaired) electrons. The van der Waals surface area contributed by atoms with Gasteiger partial charge in [-0.2, -0.15) is 0 Å². The standard InChI is InChI=1S/C12H19N3O3S/c1-9(7-13)3-5-11(16)15-10-4-6-12(14-8-10)19(2,17)18/h4,6,8-9H,3,5,7,13H2,1-2H3,(H,15,16). The van der Waals surface area contributed by atoms with Crippen molar-refractivity contribution in [2.75, 3.05) is 18.1 Å². The van der Waals surface area contributed by atoms with Gasteiger partial charge in [-0.25, -0.2) is 13.4 Å². The fourth-order valence-corrected chi connectivity index (χ4v) is 1.95. The molecule has 0 bridgehead atoms. The third-order valence-electron chi connectivity index (χ3n) is 2.67. The van der Waals surface area contributed by atoms with Crippen molar-refractivity contribution in [3.63, 3.8) is 0 Å². The monoisotopic (exact) mass is 285 g/mol. The summed E-state index contributed by atoms with van der Waals surface area (Å²) >= 11 is 0. The van der Waals surface area contributed by atoms with Crippen LogP contribution in [-0.4, -0.2) is 32.1 Å². The van der Waals surface area contributed by atoms with Gasteiger partial charge in [-0.15, -0.1) is 0 Å². The lowest BCUT2D eigenvalue weighted by Crippen LogP contribution is -2.16. The van der Waals surface area contributed by atoms with Crippen molar-refractivity contribution in [1.82, 2.24) is 4.98 Å². The minimum Gasteiger partial charge on any atom is -0.330 e. The van der Waals surface area contributed by atoms with E-state index in [4.69, 9.17) is 5.73 Å². The van der Waals surface area contributed by atoms with E-state index in [0.29, 0.717) is 24.6 Å². The van der Waals surface area contributed by atoms with Gasteiger partial charge in [-0.05, 0) is 31.0 Å². The first kappa shape index (κ1) is 15.6. The molecule has 1 heterocycles. The number of nitrogens with zero attached hydrogens (tertiary/aromatic N) is 1. The number of nitrogens with one attached hydrogen (secondary N) is 1. The summed E-state index contributed by atoms with van der Waals surface area (Å²) in [6, 6.07) is 2.89. The van der Waals surface area contributed by atoms with Crippen LogP contribution < -0.4 is 11.1 Å². The van der Waals surface area contributed by atoms with Crippen molar-refractivity contribution in [2.45, 2.75) is 24.8 Å². The summed E-state index contributed by atoms with van der Waals surface area (Å²) in [5, 5.41) is 2.65. The van der Waals surface area contributed by atoms with Gasteiger partial charge in [0.25, 0.3) is 0 Å². The molecule has 6 nitrogen and oxygen atoms in total. The highest BCUT2D eigenvalue weighted by atomic mass is 32.2. The van der Waals surface area contributed by atoms with E-state index in [0.717, 1.165) is 12.7 Å². The summed E-state index contributed by atoms with van der Waals surface area (Å²) < 4.78 is 22.4. The first-order valence-electron chi connectivity index (χ1n) is 5.99. The van der Waals surface area contributed by atoms with Gasteiger partial charge >= 0.3 is 0 Å². The number of aromatic nitrogens is 1. The van der Waals surface area contributed by atoms with Crippen LogP contribution in [0.2, 0.25) is 0 Å². The second-order valence-electron chi connectivity index (χ2n) is 4.59. The summed E-state index contributed by atoms with van der Waals surface area (Å²) in [7, 11) is -3.31. The topological polar surface area (TPSA) is 102 Å². The lowest BCUT2D eigenvalue weighted by atomic mass is 10.1. The second-order valence-corrected chi connectivity index (χ2v) is 6.55. The lowest BCUT2D eigenvalue weighted by Gasteiger charge is -2.08. The van der Waals surface area contributed by atoms with E-state index in [1.54, 1.807) is 0 Å². The molecule has 1 aromatic rings. The molecule has 19 heavy (non-hydrogen) atoms. The van der Waals surface area contributed by atoms with Crippen molar-refractivity contribution >= 4 is 21.4 Å². The molecule has 0 aliphatic carbocycles. The third kappa shape index (κ3) is 5.35. The number of pyridine rings is 1. The molecule has 0 saturated carbocycles. The number of hydrogen-bond donors (Lipinski definition) is 2. The Hall–Kier alpha value is -1.47. The van der Waals surface area contributed by atoms with E-state index in [2.05, 4.69) is 10.3 Å². The summed E-state index contributed by atoms with van der Waals surface area (Å²) in [5.41, 5.74) is 5.95. The Bertz CT molecular complexity index is 526. The maximum absolute atomic E-state index is 11.6. The molecule has 1 unspecified atom stereocenters. The van der Waals surface area contributed by atoms with Crippen molar-refractivity contribution in [1.29, 1.82) is 0 Å². The zero-order valence-corrected chi connectivity index (χ0v) is 11.9. The minimum atomic E-state index is -3.31. The van der Waals surface area contributed by atoms with Crippen molar-refractivity contribution in [3.05, 3.63) is 18.3 Å². The van der Waals surface area contributed by atoms with E-state index >= 15 is 0 Å². The van der Waals surface area contributed by atoms with E-state index in [1.807, 2.05) is 6.92 Å². The molecule has 3 N–H and O–H groups in total. The van der Waals surface area contributed by atoms with Crippen LogP contribution in [0.25, 0.3) is 0 Å². The van der Waals surface area contributed by atoms with E-state index < -0.39 is 9.84 Å². The highest BCUT2D eigenvalue weighted by Crippen LogP contribution is 2.11. The van der Waals surface area contributed by atoms with Crippen LogP contribution >= 0.6 is 0 Å². The molecule has 0 spiro atoms. The fourth-order valence-electron chi connectivity index (χ4n) is 1.39. The predicted molar refractivity (Wildman–Crippen MR) is 73.4 cm³/mol. The van der Waals surface area contributed by atoms with Gasteiger partial charge < -0.3 is 11.1 Å². The first-order valence-corrected chi connectivity index (χ1v) is 7.88. The highest BCUT2D eigenvalue weighted by molar-refractivity contribution is 7.90. The van der Waals surface area contributed by atoms with Gasteiger partial charge in [0, 0.05) is 12.7 Å². The van der Waals surface area contributed by atoms with E-state index in [1.165, 1.54) is 18.3 Å². The number of carbonyl (C=O) groups excluding carboxylic acids is 1. The molecule has 1 rings (SSSR count). The Balaban J connectivity index is 2.56. The Morgan fingerprint density at radius 1 is 1.47 bits per heavy atom. The van der Waals surface area contributed by atoms with Crippen molar-refractivity contribution in [3.8, 4) is 0 Å². The molecule has 0 aliphatic rings. The average molecular weight is 285 g/mol. The Morgan fingerprint density at radius 3 is 2.63 bits per heavy atom. The largest absolute Gasteiger partial charge is 0.330 e. The normalized spacial score (nSPS) is 13.0. The van der Waals surface area contributed by atoms with Gasteiger partial charge in [-0.1, -0.05) is 6.92 Å². The highest BCUT2D eigenvalue weighted by Gasteiger charge is 2.09. The third-order valence-corrected chi connectivity index (χ3v) is 3.67. The molecule has 7 heteroatoms. The average Bonchev–Trinajstić information content (AvgIpc) is 2.35. The lowest BCUT2D eigenvalue weighted by molar-refractivity contribution is -0.116. The number of hydrogen-bond acceptors (Lipinski definition) is 5. The maximum atomic E-state index is 11.6. The fraction of sp³-hybridized carbons (Fsp3) is 0.500. The van der Waals surface area contributed by atoms with Crippen LogP contribution in [0, 0.1) is 5.92 Å². The van der Waals surface area contributed by atoms with Crippen LogP contribution in [-0.2, 0) is 14.6 Å². The zero-order chi connectivity index (χ0) is 14.5. The van der Waals surface area contributed by atoms with Crippen LogP contribution in [0.5, 0.6) is 0 Å². The van der Waals surface area contributed by atoms with Gasteiger partial charge in [0.2, 0.25) is 5.91 Å². The Kier molecular flexibility index (Phi) is 5.44. The van der Waals surface area contributed by atoms with Crippen LogP contribution in [0.15, 0.2) is 23.4 Å². The van der Waals surface area contributed by atoms with Gasteiger partial charge in [0.05, 0.1) is 11.9 Å². The summed E-state index contributed by atoms with van der Waals surface area (Å²) in [6.45, 7) is 2.54. The van der Waals surface area contributed by atoms with Crippen LogP contribution in [0.4, 0.5) is 5.69 Å². The predicted octanol–water partition coefficient (Wildman–Crippen LogP) is 0.799. The second kappa shape index (κ2) is 6.63. The summed E-state index contributed by atoms with van der Waals surface area (Å²) in [4.78, 5) is 15.4. The number of carbonyl (C=O) groups is 1. The van der Waals surface area contributed by atoms with Crippen molar-refractivity contribution < 1.29 is 13.2 Å². The van der Waals surface area contributed by atoms with Gasteiger partial charge in [0.1, 0.15) is 0 Å². The maximum Gasteiger partial charge on any atom is 0.224 e. The number of amides is 1. The number of rotatable bonds is 6. The smallest absolute Gasteiger partial charge is 0.224 e. The minimum absolute atomic E-state index is 0.0118. The first-order chi connectivity index (χ1) is 8.82. The van der Waals surface area contributed by atoms with Gasteiger partial charge in [0.15, 0.2) is 14.9 Å². The zero-order valence-electron chi connectivity index (χ0n) is 11.1. The Morgan fingerprint density at radius 2 is 2.16 bits per heavy atom. The van der Waals surface area contributed by atoms with Crippen LogP contribution in [0.1, 0.15) is 19.8 Å². The molecule has 0 aromatic carbocycles. The van der Waals surface area contributed by atoms with E-state index in [9.17, 15) is 13.2 Å². The van der Waals surface area contributed by atoms with E-state index in [-0.39, 0.29) is 10.9 Å². The molecule has 1 atom stereocenters. The number of nitrogens with two attached hydrogens (primary N) is 1. The Labute approximate surface area is 113 Å². The molecule has 0 aliphatic heterocycles. The molecule has 0 saturated heterocycles. The summed E-state index contributed by atoms with van der Waals surface area (Å²) in [5.74, 6) is 0.172. The molecular weight excluding hydrogens is 266 g/mol. The summed E-state index contributed by atoms with van der Waals surface area (Å²) in [6.07, 6.45) is 3.52. The number of sulfone groups is 1. The molecule has 1 aromatic heterocycles. The number of anilines is 1. The van der Waals surface area contributed by atoms with Gasteiger partial charge in [-0.3, -0.25) is 4.79 Å². The van der Waals surface area contributed by atoms with Crippen molar-refractivity contribution in [2.24, 2.45) is 11.7 Å². The SMILES string of the molecule is CC(CN)CCC(=O)Nc1ccc(S(C)(=O)=O)nc1. The quantitative estimate of drug-likeness (QED) is 0.804. The van der Waals surface area contributed by atoms with Crippen LogP contribution in [0.3, 0.4) is 0 Å². The molecule has 0 fully saturated rings.